The molecule has 0 bridgehead atoms. The van der Waals surface area contributed by atoms with Crippen LogP contribution in [0, 0.1) is 3.57 Å². The molecular weight excluding hydrogens is 345 g/mol. The highest BCUT2D eigenvalue weighted by molar-refractivity contribution is 14.1. The highest BCUT2D eigenvalue weighted by atomic mass is 127. The molecule has 0 saturated carbocycles. The van der Waals surface area contributed by atoms with Crippen molar-refractivity contribution in [2.75, 3.05) is 0 Å². The van der Waals surface area contributed by atoms with Crippen LogP contribution in [0.1, 0.15) is 0 Å². The summed E-state index contributed by atoms with van der Waals surface area (Å²) in [5, 5.41) is 3.54. The summed E-state index contributed by atoms with van der Waals surface area (Å²) < 4.78 is 1.23. The monoisotopic (exact) mass is 353 g/mol. The van der Waals surface area contributed by atoms with Crippen LogP contribution in [-0.2, 0) is 0 Å². The summed E-state index contributed by atoms with van der Waals surface area (Å²) in [7, 11) is 0. The molecule has 0 unspecified atom stereocenters. The van der Waals surface area contributed by atoms with Crippen molar-refractivity contribution < 1.29 is 0 Å². The summed E-state index contributed by atoms with van der Waals surface area (Å²) in [4.78, 5) is 5.07. The highest BCUT2D eigenvalue weighted by Gasteiger charge is 1.97. The lowest BCUT2D eigenvalue weighted by atomic mass is 10.3. The number of nitrogens with zero attached hydrogens (tertiary/aromatic N) is 3. The van der Waals surface area contributed by atoms with Gasteiger partial charge in [-0.15, -0.1) is 0 Å². The van der Waals surface area contributed by atoms with E-state index in [9.17, 15) is 0 Å². The van der Waals surface area contributed by atoms with Crippen molar-refractivity contribution in [3.8, 4) is 0 Å². The lowest BCUT2D eigenvalue weighted by molar-refractivity contribution is 1.37. The Morgan fingerprint density at radius 1 is 0.941 bits per heavy atom. The number of azide groups is 1. The van der Waals surface area contributed by atoms with Crippen LogP contribution >= 0.6 is 34.4 Å². The maximum absolute atomic E-state index is 8.30. The van der Waals surface area contributed by atoms with Gasteiger partial charge in [-0.2, -0.15) is 0 Å². The molecular formula is C12H8IN3S. The minimum atomic E-state index is 0.638. The van der Waals surface area contributed by atoms with Gasteiger partial charge in [-0.3, -0.25) is 0 Å². The lowest BCUT2D eigenvalue weighted by Crippen LogP contribution is -1.74. The van der Waals surface area contributed by atoms with E-state index in [1.54, 1.807) is 11.8 Å². The molecule has 0 aliphatic heterocycles. The van der Waals surface area contributed by atoms with E-state index in [4.69, 9.17) is 5.53 Å². The number of rotatable bonds is 3. The molecule has 0 amide bonds. The number of halogens is 1. The standard InChI is InChI=1S/C12H8IN3S/c13-9-1-5-11(6-2-9)17-12-7-3-10(4-8-12)15-16-14/h1-8H. The minimum Gasteiger partial charge on any atom is -0.0901 e. The average Bonchev–Trinajstić information content (AvgIpc) is 2.35. The lowest BCUT2D eigenvalue weighted by Gasteiger charge is -2.02. The van der Waals surface area contributed by atoms with Crippen LogP contribution in [0.5, 0.6) is 0 Å². The third kappa shape index (κ3) is 3.66. The summed E-state index contributed by atoms with van der Waals surface area (Å²) in [6, 6.07) is 15.9. The zero-order valence-electron chi connectivity index (χ0n) is 8.75. The second-order valence-electron chi connectivity index (χ2n) is 3.24. The molecule has 2 rings (SSSR count). The Kier molecular flexibility index (Phi) is 4.30. The molecule has 0 saturated heterocycles. The normalized spacial score (nSPS) is 9.71. The van der Waals surface area contributed by atoms with E-state index in [-0.39, 0.29) is 0 Å². The first-order valence-corrected chi connectivity index (χ1v) is 6.76. The molecule has 0 fully saturated rings. The van der Waals surface area contributed by atoms with Crippen molar-refractivity contribution in [3.63, 3.8) is 0 Å². The fourth-order valence-electron chi connectivity index (χ4n) is 1.27. The Morgan fingerprint density at radius 3 is 2.00 bits per heavy atom. The van der Waals surface area contributed by atoms with Crippen molar-refractivity contribution in [1.29, 1.82) is 0 Å². The van der Waals surface area contributed by atoms with E-state index < -0.39 is 0 Å². The molecule has 0 aromatic heterocycles. The smallest absolute Gasteiger partial charge is 0.0376 e. The molecule has 0 spiro atoms. The third-order valence-corrected chi connectivity index (χ3v) is 3.78. The Balaban J connectivity index is 2.13. The first kappa shape index (κ1) is 12.3. The molecule has 84 valence electrons. The SMILES string of the molecule is [N-]=[N+]=Nc1ccc(Sc2ccc(I)cc2)cc1. The van der Waals surface area contributed by atoms with E-state index in [0.717, 1.165) is 4.90 Å². The molecule has 0 atom stereocenters. The molecule has 0 aliphatic carbocycles. The Hall–Kier alpha value is -1.17. The van der Waals surface area contributed by atoms with Crippen LogP contribution in [0.15, 0.2) is 63.4 Å². The molecule has 0 N–H and O–H groups in total. The van der Waals surface area contributed by atoms with E-state index in [2.05, 4.69) is 56.9 Å². The second-order valence-corrected chi connectivity index (χ2v) is 5.63. The zero-order chi connectivity index (χ0) is 12.1. The first-order valence-electron chi connectivity index (χ1n) is 4.86. The van der Waals surface area contributed by atoms with Crippen LogP contribution < -0.4 is 0 Å². The maximum Gasteiger partial charge on any atom is 0.0376 e. The van der Waals surface area contributed by atoms with Gasteiger partial charge in [-0.25, -0.2) is 0 Å². The molecule has 0 aliphatic rings. The Bertz CT molecular complexity index is 545. The zero-order valence-corrected chi connectivity index (χ0v) is 11.7. The van der Waals surface area contributed by atoms with Gasteiger partial charge >= 0.3 is 0 Å². The van der Waals surface area contributed by atoms with Gasteiger partial charge in [-0.1, -0.05) is 29.0 Å². The number of benzene rings is 2. The summed E-state index contributed by atoms with van der Waals surface area (Å²) in [5.41, 5.74) is 8.94. The summed E-state index contributed by atoms with van der Waals surface area (Å²) >= 11 is 3.97. The quantitative estimate of drug-likeness (QED) is 0.316. The van der Waals surface area contributed by atoms with Crippen LogP contribution in [0.3, 0.4) is 0 Å². The van der Waals surface area contributed by atoms with Gasteiger partial charge in [-0.05, 0) is 64.5 Å². The van der Waals surface area contributed by atoms with Crippen LogP contribution in [0.25, 0.3) is 10.4 Å². The van der Waals surface area contributed by atoms with Crippen molar-refractivity contribution in [2.24, 2.45) is 5.11 Å². The van der Waals surface area contributed by atoms with Gasteiger partial charge in [0.25, 0.3) is 0 Å². The van der Waals surface area contributed by atoms with Crippen molar-refractivity contribution in [2.45, 2.75) is 9.79 Å². The van der Waals surface area contributed by atoms with Crippen LogP contribution in [-0.4, -0.2) is 0 Å². The topological polar surface area (TPSA) is 48.8 Å². The van der Waals surface area contributed by atoms with E-state index >= 15 is 0 Å². The molecule has 5 heteroatoms. The molecule has 0 radical (unpaired) electrons. The predicted molar refractivity (Wildman–Crippen MR) is 78.5 cm³/mol. The summed E-state index contributed by atoms with van der Waals surface area (Å²) in [6.07, 6.45) is 0. The molecule has 3 nitrogen and oxygen atoms in total. The minimum absolute atomic E-state index is 0.638. The van der Waals surface area contributed by atoms with Gasteiger partial charge in [0, 0.05) is 24.0 Å². The Morgan fingerprint density at radius 2 is 1.47 bits per heavy atom. The second kappa shape index (κ2) is 5.95. The molecule has 17 heavy (non-hydrogen) atoms. The fourth-order valence-corrected chi connectivity index (χ4v) is 2.45. The average molecular weight is 353 g/mol. The first-order chi connectivity index (χ1) is 8.28. The predicted octanol–water partition coefficient (Wildman–Crippen LogP) is 5.38. The molecule has 2 aromatic carbocycles. The van der Waals surface area contributed by atoms with Crippen LogP contribution in [0.4, 0.5) is 5.69 Å². The summed E-state index contributed by atoms with van der Waals surface area (Å²) in [5.74, 6) is 0. The fraction of sp³-hybridized carbons (Fsp3) is 0. The summed E-state index contributed by atoms with van der Waals surface area (Å²) in [6.45, 7) is 0. The van der Waals surface area contributed by atoms with Crippen molar-refractivity contribution >= 4 is 40.0 Å². The molecule has 2 aromatic rings. The Labute approximate surface area is 117 Å². The number of hydrogen-bond donors (Lipinski definition) is 0. The molecule has 0 heterocycles. The van der Waals surface area contributed by atoms with Gasteiger partial charge in [0.1, 0.15) is 0 Å². The highest BCUT2D eigenvalue weighted by Crippen LogP contribution is 2.29. The third-order valence-electron chi connectivity index (χ3n) is 2.05. The van der Waals surface area contributed by atoms with E-state index in [1.165, 1.54) is 8.47 Å². The van der Waals surface area contributed by atoms with Gasteiger partial charge < -0.3 is 0 Å². The van der Waals surface area contributed by atoms with E-state index in [1.807, 2.05) is 24.3 Å². The van der Waals surface area contributed by atoms with Gasteiger partial charge in [0.2, 0.25) is 0 Å². The number of hydrogen-bond acceptors (Lipinski definition) is 2. The van der Waals surface area contributed by atoms with Gasteiger partial charge in [0.05, 0.1) is 0 Å². The van der Waals surface area contributed by atoms with Crippen molar-refractivity contribution in [1.82, 2.24) is 0 Å². The van der Waals surface area contributed by atoms with Crippen LogP contribution in [0.2, 0.25) is 0 Å². The largest absolute Gasteiger partial charge is 0.0901 e. The van der Waals surface area contributed by atoms with E-state index in [0.29, 0.717) is 5.69 Å². The van der Waals surface area contributed by atoms with Crippen molar-refractivity contribution in [3.05, 3.63) is 62.5 Å². The van der Waals surface area contributed by atoms with Gasteiger partial charge in [0.15, 0.2) is 0 Å². The maximum atomic E-state index is 8.30.